The largest absolute Gasteiger partial charge is 0.332 e. The first-order valence-corrected chi connectivity index (χ1v) is 6.43. The quantitative estimate of drug-likeness (QED) is 0.535. The van der Waals surface area contributed by atoms with E-state index in [-0.39, 0.29) is 11.7 Å². The molecule has 3 fully saturated rings. The topological polar surface area (TPSA) is 82.1 Å². The van der Waals surface area contributed by atoms with Crippen molar-refractivity contribution in [3.8, 4) is 0 Å². The van der Waals surface area contributed by atoms with E-state index in [1.165, 1.54) is 0 Å². The molecule has 76 valence electrons. The van der Waals surface area contributed by atoms with Gasteiger partial charge in [-0.3, -0.25) is 4.55 Å². The molecule has 0 radical (unpaired) electrons. The summed E-state index contributed by atoms with van der Waals surface area (Å²) in [4.78, 5) is 0. The van der Waals surface area contributed by atoms with E-state index in [1.54, 1.807) is 0 Å². The summed E-state index contributed by atoms with van der Waals surface area (Å²) in [6, 6.07) is 0. The zero-order chi connectivity index (χ0) is 9.47. The van der Waals surface area contributed by atoms with Gasteiger partial charge in [-0.15, -0.1) is 0 Å². The zero-order valence-corrected chi connectivity index (χ0v) is 8.33. The fourth-order valence-electron chi connectivity index (χ4n) is 1.24. The molecule has 3 saturated heterocycles. The van der Waals surface area contributed by atoms with E-state index < -0.39 is 24.8 Å². The minimum absolute atomic E-state index is 0.0885. The van der Waals surface area contributed by atoms with E-state index in [0.717, 1.165) is 0 Å². The molecule has 6 nitrogen and oxygen atoms in total. The molecule has 0 aromatic rings. The summed E-state index contributed by atoms with van der Waals surface area (Å²) in [5.74, 6) is -0.460. The molecule has 3 aliphatic rings. The molecular formula is C5H9O6PS. The van der Waals surface area contributed by atoms with Gasteiger partial charge < -0.3 is 13.6 Å². The van der Waals surface area contributed by atoms with E-state index in [2.05, 4.69) is 0 Å². The molecular weight excluding hydrogens is 219 g/mol. The van der Waals surface area contributed by atoms with Gasteiger partial charge in [0.25, 0.3) is 10.1 Å². The van der Waals surface area contributed by atoms with Crippen LogP contribution in [0.1, 0.15) is 0 Å². The van der Waals surface area contributed by atoms with E-state index in [0.29, 0.717) is 13.2 Å². The molecule has 3 rings (SSSR count). The summed E-state index contributed by atoms with van der Waals surface area (Å²) in [6.45, 7) is 0.901. The summed E-state index contributed by atoms with van der Waals surface area (Å²) in [5, 5.41) is 0. The Balaban J connectivity index is 2.01. The van der Waals surface area contributed by atoms with Gasteiger partial charge in [-0.1, -0.05) is 0 Å². The van der Waals surface area contributed by atoms with Gasteiger partial charge >= 0.3 is 8.60 Å². The number of hydrogen-bond donors (Lipinski definition) is 1. The fourth-order valence-corrected chi connectivity index (χ4v) is 3.39. The molecule has 0 aromatic carbocycles. The minimum Gasteiger partial charge on any atom is -0.312 e. The van der Waals surface area contributed by atoms with Gasteiger partial charge in [0.1, 0.15) is 5.75 Å². The van der Waals surface area contributed by atoms with Gasteiger partial charge in [-0.05, 0) is 0 Å². The molecule has 3 heterocycles. The van der Waals surface area contributed by atoms with Crippen LogP contribution in [0.4, 0.5) is 0 Å². The van der Waals surface area contributed by atoms with Gasteiger partial charge in [0.15, 0.2) is 0 Å². The average molecular weight is 228 g/mol. The first-order chi connectivity index (χ1) is 6.04. The van der Waals surface area contributed by atoms with E-state index >= 15 is 0 Å². The summed E-state index contributed by atoms with van der Waals surface area (Å²) < 4.78 is 45.0. The maximum absolute atomic E-state index is 10.6. The second-order valence-corrected chi connectivity index (χ2v) is 5.64. The van der Waals surface area contributed by atoms with Crippen molar-refractivity contribution in [2.45, 2.75) is 6.10 Å². The van der Waals surface area contributed by atoms with Crippen molar-refractivity contribution < 1.29 is 26.5 Å². The third kappa shape index (κ3) is 2.37. The summed E-state index contributed by atoms with van der Waals surface area (Å²) >= 11 is 0. The second-order valence-electron chi connectivity index (χ2n) is 2.97. The maximum Gasteiger partial charge on any atom is 0.332 e. The van der Waals surface area contributed by atoms with E-state index in [1.807, 2.05) is 0 Å². The van der Waals surface area contributed by atoms with Crippen LogP contribution in [-0.4, -0.2) is 38.0 Å². The van der Waals surface area contributed by atoms with Crippen LogP contribution in [0.25, 0.3) is 0 Å². The standard InChI is InChI=1S/C5H9O6PS/c6-13(7,8)3-5-4-1-9-12(11-5)10-2-4/h4-5H,1-3H2,(H,6,7,8). The molecule has 3 aliphatic heterocycles. The van der Waals surface area contributed by atoms with Crippen LogP contribution >= 0.6 is 8.60 Å². The highest BCUT2D eigenvalue weighted by Gasteiger charge is 2.41. The molecule has 1 unspecified atom stereocenters. The van der Waals surface area contributed by atoms with Crippen molar-refractivity contribution in [1.82, 2.24) is 0 Å². The molecule has 1 atom stereocenters. The number of hydrogen-bond acceptors (Lipinski definition) is 5. The van der Waals surface area contributed by atoms with Gasteiger partial charge in [-0.2, -0.15) is 8.42 Å². The highest BCUT2D eigenvalue weighted by Crippen LogP contribution is 2.51. The Hall–Kier alpha value is 0.220. The Labute approximate surface area is 76.9 Å². The molecule has 1 N–H and O–H groups in total. The fraction of sp³-hybridized carbons (Fsp3) is 1.00. The molecule has 0 spiro atoms. The van der Waals surface area contributed by atoms with Crippen molar-refractivity contribution in [2.75, 3.05) is 19.0 Å². The van der Waals surface area contributed by atoms with Crippen LogP contribution in [0.3, 0.4) is 0 Å². The average Bonchev–Trinajstić information content (AvgIpc) is 2.03. The molecule has 13 heavy (non-hydrogen) atoms. The van der Waals surface area contributed by atoms with E-state index in [9.17, 15) is 8.42 Å². The molecule has 0 amide bonds. The summed E-state index contributed by atoms with van der Waals surface area (Å²) in [5.41, 5.74) is 0. The molecule has 2 bridgehead atoms. The van der Waals surface area contributed by atoms with Crippen LogP contribution < -0.4 is 0 Å². The second kappa shape index (κ2) is 3.42. The van der Waals surface area contributed by atoms with Crippen molar-refractivity contribution in [1.29, 1.82) is 0 Å². The lowest BCUT2D eigenvalue weighted by Crippen LogP contribution is -2.42. The number of fused-ring (bicyclic) bond motifs is 3. The molecule has 8 heteroatoms. The lowest BCUT2D eigenvalue weighted by Gasteiger charge is -2.39. The van der Waals surface area contributed by atoms with Crippen LogP contribution in [0.15, 0.2) is 0 Å². The lowest BCUT2D eigenvalue weighted by molar-refractivity contribution is -0.0436. The monoisotopic (exact) mass is 228 g/mol. The van der Waals surface area contributed by atoms with Crippen molar-refractivity contribution in [3.05, 3.63) is 0 Å². The van der Waals surface area contributed by atoms with Gasteiger partial charge in [0.05, 0.1) is 19.3 Å². The minimum atomic E-state index is -3.97. The first kappa shape index (κ1) is 9.76. The Morgan fingerprint density at radius 1 is 1.38 bits per heavy atom. The van der Waals surface area contributed by atoms with Crippen molar-refractivity contribution in [2.24, 2.45) is 5.92 Å². The van der Waals surface area contributed by atoms with Crippen LogP contribution in [-0.2, 0) is 23.7 Å². The molecule has 0 saturated carbocycles. The smallest absolute Gasteiger partial charge is 0.312 e. The van der Waals surface area contributed by atoms with Crippen LogP contribution in [0, 0.1) is 5.92 Å². The Morgan fingerprint density at radius 3 is 2.38 bits per heavy atom. The molecule has 0 aromatic heterocycles. The van der Waals surface area contributed by atoms with Crippen LogP contribution in [0.2, 0.25) is 0 Å². The Kier molecular flexibility index (Phi) is 2.57. The third-order valence-electron chi connectivity index (χ3n) is 1.91. The highest BCUT2D eigenvalue weighted by molar-refractivity contribution is 7.85. The predicted molar refractivity (Wildman–Crippen MR) is 43.6 cm³/mol. The first-order valence-electron chi connectivity index (χ1n) is 3.72. The van der Waals surface area contributed by atoms with E-state index in [4.69, 9.17) is 18.1 Å². The number of rotatable bonds is 2. The maximum atomic E-state index is 10.6. The van der Waals surface area contributed by atoms with Gasteiger partial charge in [0, 0.05) is 5.92 Å². The van der Waals surface area contributed by atoms with Crippen molar-refractivity contribution in [3.63, 3.8) is 0 Å². The Morgan fingerprint density at radius 2 is 2.00 bits per heavy atom. The predicted octanol–water partition coefficient (Wildman–Crippen LogP) is 0.163. The van der Waals surface area contributed by atoms with Crippen LogP contribution in [0.5, 0.6) is 0 Å². The third-order valence-corrected chi connectivity index (χ3v) is 3.82. The molecule has 0 aliphatic carbocycles. The summed E-state index contributed by atoms with van der Waals surface area (Å²) in [6.07, 6.45) is -0.483. The summed E-state index contributed by atoms with van der Waals surface area (Å²) in [7, 11) is -5.34. The highest BCUT2D eigenvalue weighted by atomic mass is 32.2. The lowest BCUT2D eigenvalue weighted by atomic mass is 10.1. The SMILES string of the molecule is O=S(=O)(O)CC1OP2OCC1CO2. The van der Waals surface area contributed by atoms with Gasteiger partial charge in [0.2, 0.25) is 0 Å². The Bertz CT molecular complexity index is 281. The normalized spacial score (nSPS) is 39.3. The zero-order valence-electron chi connectivity index (χ0n) is 6.62. The van der Waals surface area contributed by atoms with Crippen molar-refractivity contribution >= 4 is 18.7 Å². The van der Waals surface area contributed by atoms with Gasteiger partial charge in [-0.25, -0.2) is 0 Å².